The number of carbonyl (C=O) groups excluding carboxylic acids is 2. The molecule has 0 radical (unpaired) electrons. The third kappa shape index (κ3) is 5.48. The first-order chi connectivity index (χ1) is 19.6. The van der Waals surface area contributed by atoms with Crippen LogP contribution in [0.15, 0.2) is 113 Å². The van der Waals surface area contributed by atoms with Gasteiger partial charge in [0, 0.05) is 5.39 Å². The molecule has 0 saturated carbocycles. The van der Waals surface area contributed by atoms with Crippen molar-refractivity contribution in [2.75, 3.05) is 13.2 Å². The molecule has 198 valence electrons. The summed E-state index contributed by atoms with van der Waals surface area (Å²) >= 11 is 4.53. The van der Waals surface area contributed by atoms with Gasteiger partial charge >= 0.3 is 0 Å². The Morgan fingerprint density at radius 2 is 1.45 bits per heavy atom. The highest BCUT2D eigenvalue weighted by Gasteiger charge is 2.34. The third-order valence-electron chi connectivity index (χ3n) is 6.71. The number of carbonyl (C=O) groups is 2. The molecule has 40 heavy (non-hydrogen) atoms. The average molecular weight is 611 g/mol. The lowest BCUT2D eigenvalue weighted by atomic mass is 10.1. The van der Waals surface area contributed by atoms with Gasteiger partial charge in [0.15, 0.2) is 0 Å². The van der Waals surface area contributed by atoms with Crippen LogP contribution >= 0.6 is 27.7 Å². The maximum atomic E-state index is 13.0. The molecule has 0 atom stereocenters. The van der Waals surface area contributed by atoms with E-state index >= 15 is 0 Å². The van der Waals surface area contributed by atoms with Gasteiger partial charge in [0.2, 0.25) is 0 Å². The summed E-state index contributed by atoms with van der Waals surface area (Å²) in [6.07, 6.45) is 1.73. The van der Waals surface area contributed by atoms with Gasteiger partial charge in [0.25, 0.3) is 11.1 Å². The highest BCUT2D eigenvalue weighted by molar-refractivity contribution is 9.10. The van der Waals surface area contributed by atoms with Crippen LogP contribution in [-0.4, -0.2) is 29.2 Å². The number of imide groups is 1. The molecule has 1 saturated heterocycles. The topological polar surface area (TPSA) is 55.8 Å². The first-order valence-corrected chi connectivity index (χ1v) is 14.4. The van der Waals surface area contributed by atoms with E-state index in [2.05, 4.69) is 40.2 Å². The second kappa shape index (κ2) is 11.6. The van der Waals surface area contributed by atoms with Crippen LogP contribution in [0.25, 0.3) is 27.6 Å². The van der Waals surface area contributed by atoms with Crippen molar-refractivity contribution in [3.05, 3.63) is 124 Å². The summed E-state index contributed by atoms with van der Waals surface area (Å²) in [5, 5.41) is 4.11. The maximum Gasteiger partial charge on any atom is 0.293 e. The summed E-state index contributed by atoms with van der Waals surface area (Å²) in [5.74, 6) is 1.11. The van der Waals surface area contributed by atoms with Crippen molar-refractivity contribution < 1.29 is 19.1 Å². The van der Waals surface area contributed by atoms with Crippen LogP contribution in [0.3, 0.4) is 0 Å². The number of ether oxygens (including phenoxy) is 2. The first kappa shape index (κ1) is 26.2. The van der Waals surface area contributed by atoms with E-state index in [1.54, 1.807) is 6.08 Å². The number of halogens is 1. The smallest absolute Gasteiger partial charge is 0.293 e. The predicted molar refractivity (Wildman–Crippen MR) is 165 cm³/mol. The molecule has 0 spiro atoms. The molecule has 0 aliphatic carbocycles. The van der Waals surface area contributed by atoms with E-state index in [0.29, 0.717) is 17.3 Å². The minimum absolute atomic E-state index is 0.176. The van der Waals surface area contributed by atoms with E-state index in [-0.39, 0.29) is 24.3 Å². The van der Waals surface area contributed by atoms with Crippen LogP contribution in [0.5, 0.6) is 11.5 Å². The van der Waals surface area contributed by atoms with Crippen molar-refractivity contribution in [2.45, 2.75) is 6.61 Å². The van der Waals surface area contributed by atoms with Crippen LogP contribution in [-0.2, 0) is 11.4 Å². The second-order valence-corrected chi connectivity index (χ2v) is 11.1. The molecule has 0 aromatic heterocycles. The molecule has 5 aromatic carbocycles. The van der Waals surface area contributed by atoms with Gasteiger partial charge in [-0.2, -0.15) is 0 Å². The van der Waals surface area contributed by atoms with Crippen LogP contribution in [0.1, 0.15) is 11.1 Å². The van der Waals surface area contributed by atoms with Crippen LogP contribution in [0.2, 0.25) is 0 Å². The van der Waals surface area contributed by atoms with Crippen LogP contribution < -0.4 is 9.47 Å². The molecule has 7 heteroatoms. The van der Waals surface area contributed by atoms with Gasteiger partial charge in [0.1, 0.15) is 24.7 Å². The zero-order valence-electron chi connectivity index (χ0n) is 21.4. The molecule has 2 amide bonds. The van der Waals surface area contributed by atoms with Gasteiger partial charge in [-0.1, -0.05) is 84.9 Å². The summed E-state index contributed by atoms with van der Waals surface area (Å²) in [6.45, 7) is 0.822. The molecule has 5 nitrogen and oxygen atoms in total. The Hall–Kier alpha value is -4.07. The minimum atomic E-state index is -0.316. The minimum Gasteiger partial charge on any atom is -0.491 e. The van der Waals surface area contributed by atoms with E-state index < -0.39 is 0 Å². The summed E-state index contributed by atoms with van der Waals surface area (Å²) in [6, 6.07) is 33.8. The number of nitrogens with zero attached hydrogens (tertiary/aromatic N) is 1. The predicted octanol–water partition coefficient (Wildman–Crippen LogP) is 8.45. The highest BCUT2D eigenvalue weighted by atomic mass is 79.9. The zero-order valence-corrected chi connectivity index (χ0v) is 23.8. The molecule has 6 rings (SSSR count). The van der Waals surface area contributed by atoms with E-state index in [0.717, 1.165) is 49.3 Å². The maximum absolute atomic E-state index is 13.0. The molecular weight excluding hydrogens is 586 g/mol. The van der Waals surface area contributed by atoms with Crippen molar-refractivity contribution >= 4 is 66.5 Å². The van der Waals surface area contributed by atoms with Crippen molar-refractivity contribution in [3.8, 4) is 11.5 Å². The monoisotopic (exact) mass is 609 g/mol. The number of hydrogen-bond acceptors (Lipinski definition) is 5. The van der Waals surface area contributed by atoms with Gasteiger partial charge in [-0.25, -0.2) is 0 Å². The number of rotatable bonds is 8. The third-order valence-corrected chi connectivity index (χ3v) is 8.24. The van der Waals surface area contributed by atoms with E-state index in [1.807, 2.05) is 78.9 Å². The van der Waals surface area contributed by atoms with Gasteiger partial charge < -0.3 is 9.47 Å². The van der Waals surface area contributed by atoms with Gasteiger partial charge in [-0.15, -0.1) is 0 Å². The normalized spacial score (nSPS) is 14.4. The van der Waals surface area contributed by atoms with Crippen LogP contribution in [0.4, 0.5) is 4.79 Å². The van der Waals surface area contributed by atoms with Gasteiger partial charge in [0.05, 0.1) is 15.9 Å². The average Bonchev–Trinajstić information content (AvgIpc) is 3.24. The van der Waals surface area contributed by atoms with E-state index in [4.69, 9.17) is 9.47 Å². The molecule has 1 fully saturated rings. The van der Waals surface area contributed by atoms with Gasteiger partial charge in [-0.05, 0) is 79.3 Å². The molecule has 1 aliphatic heterocycles. The Balaban J connectivity index is 1.10. The van der Waals surface area contributed by atoms with E-state index in [1.165, 1.54) is 10.3 Å². The van der Waals surface area contributed by atoms with Crippen molar-refractivity contribution in [2.24, 2.45) is 0 Å². The fourth-order valence-electron chi connectivity index (χ4n) is 4.71. The van der Waals surface area contributed by atoms with Crippen molar-refractivity contribution in [1.29, 1.82) is 0 Å². The van der Waals surface area contributed by atoms with E-state index in [9.17, 15) is 9.59 Å². The summed E-state index contributed by atoms with van der Waals surface area (Å²) < 4.78 is 12.8. The summed E-state index contributed by atoms with van der Waals surface area (Å²) in [7, 11) is 0. The van der Waals surface area contributed by atoms with Gasteiger partial charge in [-0.3, -0.25) is 14.5 Å². The van der Waals surface area contributed by atoms with Crippen molar-refractivity contribution in [3.63, 3.8) is 0 Å². The Kier molecular flexibility index (Phi) is 7.58. The quantitative estimate of drug-likeness (QED) is 0.165. The Morgan fingerprint density at radius 1 is 0.750 bits per heavy atom. The lowest BCUT2D eigenvalue weighted by molar-refractivity contribution is -0.123. The molecule has 0 bridgehead atoms. The van der Waals surface area contributed by atoms with Crippen molar-refractivity contribution in [1.82, 2.24) is 4.90 Å². The SMILES string of the molecule is O=C1S/C(=C\c2ccc(OCc3cccc4ccccc34)c(Br)c2)C(=O)N1CCOc1cccc2ccccc12. The number of thioether (sulfide) groups is 1. The molecule has 0 N–H and O–H groups in total. The number of hydrogen-bond donors (Lipinski definition) is 0. The zero-order chi connectivity index (χ0) is 27.5. The Labute approximate surface area is 244 Å². The fourth-order valence-corrected chi connectivity index (χ4v) is 6.09. The summed E-state index contributed by atoms with van der Waals surface area (Å²) in [5.41, 5.74) is 1.90. The largest absolute Gasteiger partial charge is 0.491 e. The molecule has 1 heterocycles. The Bertz CT molecular complexity index is 1770. The molecular formula is C33H24BrNO4S. The highest BCUT2D eigenvalue weighted by Crippen LogP contribution is 2.34. The Morgan fingerprint density at radius 3 is 2.25 bits per heavy atom. The number of amides is 2. The molecule has 5 aromatic rings. The first-order valence-electron chi connectivity index (χ1n) is 12.8. The number of fused-ring (bicyclic) bond motifs is 2. The lowest BCUT2D eigenvalue weighted by Gasteiger charge is -2.14. The lowest BCUT2D eigenvalue weighted by Crippen LogP contribution is -2.32. The molecule has 0 unspecified atom stereocenters. The van der Waals surface area contributed by atoms with Crippen LogP contribution in [0, 0.1) is 0 Å². The second-order valence-electron chi connectivity index (χ2n) is 9.28. The number of benzene rings is 5. The standard InChI is InChI=1S/C33H24BrNO4S/c34-28-19-22(15-16-30(28)39-21-25-11-5-9-23-7-1-3-12-26(23)25)20-31-32(36)35(33(37)40-31)17-18-38-29-14-6-10-24-8-2-4-13-27(24)29/h1-16,19-20H,17-18,21H2/b31-20-. The fraction of sp³-hybridized carbons (Fsp3) is 0.0909. The summed E-state index contributed by atoms with van der Waals surface area (Å²) in [4.78, 5) is 27.2. The molecule has 1 aliphatic rings.